The lowest BCUT2D eigenvalue weighted by molar-refractivity contribution is 0.0810. The highest BCUT2D eigenvalue weighted by atomic mass is 16.7. The third-order valence-electron chi connectivity index (χ3n) is 5.41. The largest absolute Gasteiger partial charge is 0.493 e. The average Bonchev–Trinajstić information content (AvgIpc) is 3.21. The predicted molar refractivity (Wildman–Crippen MR) is 104 cm³/mol. The van der Waals surface area contributed by atoms with Gasteiger partial charge in [0.25, 0.3) is 0 Å². The molecule has 6 nitrogen and oxygen atoms in total. The molecular weight excluding hydrogens is 358 g/mol. The molecule has 0 radical (unpaired) electrons. The van der Waals surface area contributed by atoms with Gasteiger partial charge in [-0.05, 0) is 43.7 Å². The number of fused-ring (bicyclic) bond motifs is 1. The van der Waals surface area contributed by atoms with E-state index in [9.17, 15) is 4.79 Å². The fourth-order valence-electron chi connectivity index (χ4n) is 4.02. The molecule has 2 aromatic rings. The number of nitrogens with zero attached hydrogens (tertiary/aromatic N) is 1. The Kier molecular flexibility index (Phi) is 5.39. The first kappa shape index (κ1) is 18.6. The van der Waals surface area contributed by atoms with Crippen molar-refractivity contribution in [2.45, 2.75) is 19.4 Å². The number of ether oxygens (including phenoxy) is 4. The second kappa shape index (κ2) is 8.10. The molecule has 1 saturated heterocycles. The van der Waals surface area contributed by atoms with Crippen LogP contribution in [0.5, 0.6) is 23.0 Å². The molecule has 6 heteroatoms. The molecule has 148 valence electrons. The van der Waals surface area contributed by atoms with Crippen LogP contribution >= 0.6 is 0 Å². The zero-order valence-electron chi connectivity index (χ0n) is 16.3. The van der Waals surface area contributed by atoms with E-state index < -0.39 is 0 Å². The minimum atomic E-state index is -0.0225. The summed E-state index contributed by atoms with van der Waals surface area (Å²) in [5, 5.41) is 0. The second-order valence-electron chi connectivity index (χ2n) is 7.16. The van der Waals surface area contributed by atoms with Gasteiger partial charge in [0.05, 0.1) is 14.2 Å². The number of hydrogen-bond donors (Lipinski definition) is 0. The summed E-state index contributed by atoms with van der Waals surface area (Å²) in [4.78, 5) is 15.4. The monoisotopic (exact) mass is 383 g/mol. The van der Waals surface area contributed by atoms with Gasteiger partial charge in [-0.15, -0.1) is 0 Å². The number of para-hydroxylation sites is 1. The van der Waals surface area contributed by atoms with E-state index in [4.69, 9.17) is 18.9 Å². The molecule has 2 aliphatic rings. The van der Waals surface area contributed by atoms with E-state index in [1.807, 2.05) is 30.3 Å². The normalized spacial score (nSPS) is 18.7. The molecule has 0 spiro atoms. The van der Waals surface area contributed by atoms with Crippen LogP contribution in [0.3, 0.4) is 0 Å². The number of methoxy groups -OCH3 is 2. The van der Waals surface area contributed by atoms with Crippen LogP contribution in [0.4, 0.5) is 0 Å². The van der Waals surface area contributed by atoms with Crippen molar-refractivity contribution in [2.75, 3.05) is 34.1 Å². The average molecular weight is 383 g/mol. The first-order valence-corrected chi connectivity index (χ1v) is 9.55. The van der Waals surface area contributed by atoms with E-state index in [2.05, 4.69) is 4.90 Å². The lowest BCUT2D eigenvalue weighted by atomic mass is 9.89. The molecule has 0 aromatic heterocycles. The van der Waals surface area contributed by atoms with Crippen molar-refractivity contribution in [2.24, 2.45) is 5.92 Å². The Morgan fingerprint density at radius 1 is 1.14 bits per heavy atom. The third kappa shape index (κ3) is 3.64. The number of likely N-dealkylation sites (tertiary alicyclic amines) is 1. The topological polar surface area (TPSA) is 57.2 Å². The van der Waals surface area contributed by atoms with Gasteiger partial charge in [0, 0.05) is 30.1 Å². The van der Waals surface area contributed by atoms with Gasteiger partial charge in [0.1, 0.15) is 0 Å². The van der Waals surface area contributed by atoms with Crippen LogP contribution in [0.15, 0.2) is 36.4 Å². The summed E-state index contributed by atoms with van der Waals surface area (Å²) in [6.07, 6.45) is 1.90. The van der Waals surface area contributed by atoms with Crippen molar-refractivity contribution in [1.82, 2.24) is 4.90 Å². The fourth-order valence-corrected chi connectivity index (χ4v) is 4.02. The predicted octanol–water partition coefficient (Wildman–Crippen LogP) is 3.53. The van der Waals surface area contributed by atoms with Gasteiger partial charge >= 0.3 is 0 Å². The number of piperidine rings is 1. The summed E-state index contributed by atoms with van der Waals surface area (Å²) in [6.45, 7) is 2.64. The first-order valence-electron chi connectivity index (χ1n) is 9.55. The summed E-state index contributed by atoms with van der Waals surface area (Å²) in [5.41, 5.74) is 1.76. The van der Waals surface area contributed by atoms with Gasteiger partial charge in [-0.3, -0.25) is 9.69 Å². The molecule has 0 unspecified atom stereocenters. The Bertz CT molecular complexity index is 866. The van der Waals surface area contributed by atoms with Gasteiger partial charge in [-0.25, -0.2) is 0 Å². The highest BCUT2D eigenvalue weighted by molar-refractivity contribution is 5.98. The number of carbonyl (C=O) groups excluding carboxylic acids is 1. The Hall–Kier alpha value is -2.73. The molecule has 0 amide bonds. The summed E-state index contributed by atoms with van der Waals surface area (Å²) >= 11 is 0. The zero-order chi connectivity index (χ0) is 19.5. The number of hydrogen-bond acceptors (Lipinski definition) is 6. The molecule has 0 N–H and O–H groups in total. The van der Waals surface area contributed by atoms with E-state index in [1.165, 1.54) is 0 Å². The maximum Gasteiger partial charge on any atom is 0.231 e. The maximum atomic E-state index is 13.1. The van der Waals surface area contributed by atoms with Gasteiger partial charge in [0.2, 0.25) is 6.79 Å². The van der Waals surface area contributed by atoms with Crippen LogP contribution < -0.4 is 18.9 Å². The highest BCUT2D eigenvalue weighted by Crippen LogP contribution is 2.35. The molecule has 2 aliphatic heterocycles. The molecule has 1 fully saturated rings. The van der Waals surface area contributed by atoms with Crippen molar-refractivity contribution >= 4 is 5.78 Å². The quantitative estimate of drug-likeness (QED) is 0.712. The van der Waals surface area contributed by atoms with Crippen LogP contribution in [0.1, 0.15) is 28.8 Å². The molecule has 1 atom stereocenters. The SMILES string of the molecule is COc1cccc(CN2CCC[C@H](C(=O)c3ccc4c(c3)OCO4)C2)c1OC. The second-order valence-corrected chi connectivity index (χ2v) is 7.16. The molecular formula is C22H25NO5. The van der Waals surface area contributed by atoms with Crippen LogP contribution in [0.25, 0.3) is 0 Å². The number of benzene rings is 2. The summed E-state index contributed by atoms with van der Waals surface area (Å²) in [5.74, 6) is 2.98. The number of ketones is 1. The molecule has 0 saturated carbocycles. The minimum Gasteiger partial charge on any atom is -0.493 e. The lowest BCUT2D eigenvalue weighted by Gasteiger charge is -2.32. The van der Waals surface area contributed by atoms with E-state index >= 15 is 0 Å². The Balaban J connectivity index is 1.47. The molecule has 28 heavy (non-hydrogen) atoms. The molecule has 0 aliphatic carbocycles. The number of carbonyl (C=O) groups is 1. The van der Waals surface area contributed by atoms with Crippen LogP contribution in [0, 0.1) is 5.92 Å². The molecule has 0 bridgehead atoms. The Labute approximate surface area is 165 Å². The summed E-state index contributed by atoms with van der Waals surface area (Å²) < 4.78 is 21.7. The van der Waals surface area contributed by atoms with Crippen molar-refractivity contribution < 1.29 is 23.7 Å². The van der Waals surface area contributed by atoms with Crippen LogP contribution in [-0.2, 0) is 6.54 Å². The third-order valence-corrected chi connectivity index (χ3v) is 5.41. The zero-order valence-corrected chi connectivity index (χ0v) is 16.3. The minimum absolute atomic E-state index is 0.0225. The first-order chi connectivity index (χ1) is 13.7. The van der Waals surface area contributed by atoms with Gasteiger partial charge in [-0.2, -0.15) is 0 Å². The molecule has 2 heterocycles. The maximum absolute atomic E-state index is 13.1. The molecule has 4 rings (SSSR count). The van der Waals surface area contributed by atoms with Crippen molar-refractivity contribution in [3.05, 3.63) is 47.5 Å². The smallest absolute Gasteiger partial charge is 0.231 e. The van der Waals surface area contributed by atoms with E-state index in [-0.39, 0.29) is 18.5 Å². The van der Waals surface area contributed by atoms with Gasteiger partial charge in [-0.1, -0.05) is 12.1 Å². The lowest BCUT2D eigenvalue weighted by Crippen LogP contribution is -2.38. The van der Waals surface area contributed by atoms with Crippen LogP contribution in [-0.4, -0.2) is 44.8 Å². The number of Topliss-reactive ketones (excluding diaryl/α,β-unsaturated/α-hetero) is 1. The fraction of sp³-hybridized carbons (Fsp3) is 0.409. The molecule has 2 aromatic carbocycles. The summed E-state index contributed by atoms with van der Waals surface area (Å²) in [7, 11) is 3.30. The Morgan fingerprint density at radius 3 is 2.82 bits per heavy atom. The Morgan fingerprint density at radius 2 is 2.00 bits per heavy atom. The standard InChI is InChI=1S/C22H25NO5/c1-25-19-7-3-5-17(22(19)26-2)13-23-10-4-6-16(12-23)21(24)15-8-9-18-20(11-15)28-14-27-18/h3,5,7-9,11,16H,4,6,10,12-14H2,1-2H3/t16-/m0/s1. The van der Waals surface area contributed by atoms with Gasteiger partial charge in [0.15, 0.2) is 28.8 Å². The van der Waals surface area contributed by atoms with E-state index in [0.29, 0.717) is 17.1 Å². The van der Waals surface area contributed by atoms with Crippen molar-refractivity contribution in [3.8, 4) is 23.0 Å². The van der Waals surface area contributed by atoms with Crippen LogP contribution in [0.2, 0.25) is 0 Å². The van der Waals surface area contributed by atoms with E-state index in [1.54, 1.807) is 20.3 Å². The number of rotatable bonds is 6. The van der Waals surface area contributed by atoms with E-state index in [0.717, 1.165) is 49.5 Å². The van der Waals surface area contributed by atoms with Crippen molar-refractivity contribution in [3.63, 3.8) is 0 Å². The van der Waals surface area contributed by atoms with Crippen molar-refractivity contribution in [1.29, 1.82) is 0 Å². The van der Waals surface area contributed by atoms with Gasteiger partial charge < -0.3 is 18.9 Å². The summed E-state index contributed by atoms with van der Waals surface area (Å²) in [6, 6.07) is 11.4. The highest BCUT2D eigenvalue weighted by Gasteiger charge is 2.28.